The number of rotatable bonds is 1. The minimum Gasteiger partial charge on any atom is -0.300 e. The highest BCUT2D eigenvalue weighted by molar-refractivity contribution is 5.84. The van der Waals surface area contributed by atoms with Gasteiger partial charge in [-0.25, -0.2) is 0 Å². The summed E-state index contributed by atoms with van der Waals surface area (Å²) in [6.45, 7) is 0. The van der Waals surface area contributed by atoms with Gasteiger partial charge in [0.2, 0.25) is 0 Å². The Morgan fingerprint density at radius 2 is 2.00 bits per heavy atom. The first-order valence-corrected chi connectivity index (χ1v) is 4.41. The van der Waals surface area contributed by atoms with Gasteiger partial charge in [0.25, 0.3) is 0 Å². The molecule has 1 saturated carbocycles. The minimum absolute atomic E-state index is 0.206. The third kappa shape index (κ3) is 2.29. The summed E-state index contributed by atoms with van der Waals surface area (Å²) < 4.78 is 0. The number of hydrogen-bond donors (Lipinski definition) is 0. The van der Waals surface area contributed by atoms with Crippen LogP contribution in [0.4, 0.5) is 0 Å². The zero-order valence-corrected chi connectivity index (χ0v) is 7.47. The maximum atomic E-state index is 11.4. The summed E-state index contributed by atoms with van der Waals surface area (Å²) in [6.07, 6.45) is 5.41. The highest BCUT2D eigenvalue weighted by Crippen LogP contribution is 2.17. The Morgan fingerprint density at radius 3 is 2.64 bits per heavy atom. The summed E-state index contributed by atoms with van der Waals surface area (Å²) in [5.41, 5.74) is 0. The van der Waals surface area contributed by atoms with E-state index in [1.165, 1.54) is 12.8 Å². The van der Waals surface area contributed by atoms with Gasteiger partial charge in [-0.2, -0.15) is 0 Å². The van der Waals surface area contributed by atoms with Crippen LogP contribution in [0.15, 0.2) is 0 Å². The number of Topliss-reactive ketones (excluding diaryl/α,β-unsaturated/α-hetero) is 1. The van der Waals surface area contributed by atoms with Crippen molar-refractivity contribution in [1.29, 1.82) is 0 Å². The molecule has 0 heterocycles. The average Bonchev–Trinajstić information content (AvgIpc) is 2.13. The summed E-state index contributed by atoms with van der Waals surface area (Å²) >= 11 is 0. The second-order valence-electron chi connectivity index (χ2n) is 3.55. The Morgan fingerprint density at radius 1 is 1.27 bits per heavy atom. The maximum Gasteiger partial charge on any atom is 0.149 e. The van der Waals surface area contributed by atoms with Crippen molar-refractivity contribution in [1.82, 2.24) is 4.90 Å². The first kappa shape index (κ1) is 8.72. The van der Waals surface area contributed by atoms with Crippen LogP contribution in [0, 0.1) is 0 Å². The Balaban J connectivity index is 2.52. The maximum absolute atomic E-state index is 11.4. The standard InChI is InChI=1S/C9H17NO/c1-10(2)8-6-4-3-5-7-9(8)11/h8H,3-7H2,1-2H3. The van der Waals surface area contributed by atoms with E-state index in [4.69, 9.17) is 0 Å². The molecule has 1 aliphatic carbocycles. The summed E-state index contributed by atoms with van der Waals surface area (Å²) in [7, 11) is 3.99. The van der Waals surface area contributed by atoms with Crippen molar-refractivity contribution in [3.8, 4) is 0 Å². The van der Waals surface area contributed by atoms with E-state index in [0.717, 1.165) is 19.3 Å². The van der Waals surface area contributed by atoms with Crippen LogP contribution in [0.5, 0.6) is 0 Å². The molecule has 0 aromatic carbocycles. The smallest absolute Gasteiger partial charge is 0.149 e. The fraction of sp³-hybridized carbons (Fsp3) is 0.889. The number of carbonyl (C=O) groups excluding carboxylic acids is 1. The highest BCUT2D eigenvalue weighted by Gasteiger charge is 2.21. The van der Waals surface area contributed by atoms with E-state index in [-0.39, 0.29) is 6.04 Å². The molecule has 0 aliphatic heterocycles. The van der Waals surface area contributed by atoms with Gasteiger partial charge >= 0.3 is 0 Å². The Labute approximate surface area is 68.6 Å². The molecule has 0 aromatic heterocycles. The summed E-state index contributed by atoms with van der Waals surface area (Å²) in [4.78, 5) is 13.5. The van der Waals surface area contributed by atoms with Gasteiger partial charge in [-0.3, -0.25) is 9.69 Å². The van der Waals surface area contributed by atoms with Crippen LogP contribution < -0.4 is 0 Å². The van der Waals surface area contributed by atoms with Crippen LogP contribution in [0.1, 0.15) is 32.1 Å². The molecule has 0 radical (unpaired) electrons. The average molecular weight is 155 g/mol. The predicted octanol–water partition coefficient (Wildman–Crippen LogP) is 1.45. The second-order valence-corrected chi connectivity index (χ2v) is 3.55. The first-order chi connectivity index (χ1) is 5.22. The van der Waals surface area contributed by atoms with Crippen LogP contribution in [0.25, 0.3) is 0 Å². The van der Waals surface area contributed by atoms with Crippen LogP contribution in [0.3, 0.4) is 0 Å². The van der Waals surface area contributed by atoms with E-state index in [2.05, 4.69) is 0 Å². The molecule has 0 N–H and O–H groups in total. The molecule has 0 spiro atoms. The lowest BCUT2D eigenvalue weighted by Crippen LogP contribution is -2.34. The Kier molecular flexibility index (Phi) is 3.06. The van der Waals surface area contributed by atoms with E-state index in [1.54, 1.807) is 0 Å². The summed E-state index contributed by atoms with van der Waals surface area (Å²) in [6, 6.07) is 0.206. The van der Waals surface area contributed by atoms with Crippen molar-refractivity contribution < 1.29 is 4.79 Å². The van der Waals surface area contributed by atoms with Gasteiger partial charge in [0.15, 0.2) is 0 Å². The van der Waals surface area contributed by atoms with E-state index >= 15 is 0 Å². The molecule has 1 unspecified atom stereocenters. The van der Waals surface area contributed by atoms with E-state index in [0.29, 0.717) is 5.78 Å². The van der Waals surface area contributed by atoms with Gasteiger partial charge in [0.05, 0.1) is 6.04 Å². The lowest BCUT2D eigenvalue weighted by atomic mass is 10.1. The fourth-order valence-electron chi connectivity index (χ4n) is 1.69. The van der Waals surface area contributed by atoms with Gasteiger partial charge in [0, 0.05) is 6.42 Å². The van der Waals surface area contributed by atoms with Crippen LogP contribution in [-0.2, 0) is 4.79 Å². The number of ketones is 1. The highest BCUT2D eigenvalue weighted by atomic mass is 16.1. The molecule has 64 valence electrons. The number of carbonyl (C=O) groups is 1. The van der Waals surface area contributed by atoms with Gasteiger partial charge in [0.1, 0.15) is 5.78 Å². The predicted molar refractivity (Wildman–Crippen MR) is 45.6 cm³/mol. The molecular weight excluding hydrogens is 138 g/mol. The largest absolute Gasteiger partial charge is 0.300 e. The molecule has 1 aliphatic rings. The van der Waals surface area contributed by atoms with Crippen molar-refractivity contribution in [2.75, 3.05) is 14.1 Å². The normalized spacial score (nSPS) is 27.2. The van der Waals surface area contributed by atoms with Crippen molar-refractivity contribution in [2.24, 2.45) is 0 Å². The Hall–Kier alpha value is -0.370. The van der Waals surface area contributed by atoms with Crippen LogP contribution in [0.2, 0.25) is 0 Å². The van der Waals surface area contributed by atoms with Gasteiger partial charge < -0.3 is 0 Å². The molecule has 1 rings (SSSR count). The monoisotopic (exact) mass is 155 g/mol. The van der Waals surface area contributed by atoms with Crippen LogP contribution in [-0.4, -0.2) is 30.8 Å². The molecule has 1 atom stereocenters. The number of nitrogens with zero attached hydrogens (tertiary/aromatic N) is 1. The second kappa shape index (κ2) is 3.86. The molecule has 0 saturated heterocycles. The van der Waals surface area contributed by atoms with Crippen molar-refractivity contribution in [3.05, 3.63) is 0 Å². The van der Waals surface area contributed by atoms with E-state index < -0.39 is 0 Å². The van der Waals surface area contributed by atoms with Crippen molar-refractivity contribution in [2.45, 2.75) is 38.1 Å². The third-order valence-corrected chi connectivity index (χ3v) is 2.40. The van der Waals surface area contributed by atoms with Gasteiger partial charge in [-0.05, 0) is 26.9 Å². The number of hydrogen-bond acceptors (Lipinski definition) is 2. The van der Waals surface area contributed by atoms with Gasteiger partial charge in [-0.15, -0.1) is 0 Å². The van der Waals surface area contributed by atoms with E-state index in [1.807, 2.05) is 19.0 Å². The Bertz CT molecular complexity index is 142. The summed E-state index contributed by atoms with van der Waals surface area (Å²) in [5.74, 6) is 0.438. The molecular formula is C9H17NO. The lowest BCUT2D eigenvalue weighted by molar-refractivity contribution is -0.123. The molecule has 2 heteroatoms. The topological polar surface area (TPSA) is 20.3 Å². The van der Waals surface area contributed by atoms with E-state index in [9.17, 15) is 4.79 Å². The minimum atomic E-state index is 0.206. The van der Waals surface area contributed by atoms with Crippen molar-refractivity contribution in [3.63, 3.8) is 0 Å². The molecule has 2 nitrogen and oxygen atoms in total. The van der Waals surface area contributed by atoms with Crippen LogP contribution >= 0.6 is 0 Å². The molecule has 0 aromatic rings. The zero-order valence-electron chi connectivity index (χ0n) is 7.47. The summed E-state index contributed by atoms with van der Waals surface area (Å²) in [5, 5.41) is 0. The molecule has 0 bridgehead atoms. The molecule has 1 fully saturated rings. The lowest BCUT2D eigenvalue weighted by Gasteiger charge is -2.20. The quantitative estimate of drug-likeness (QED) is 0.534. The molecule has 11 heavy (non-hydrogen) atoms. The zero-order chi connectivity index (χ0) is 8.27. The molecule has 0 amide bonds. The van der Waals surface area contributed by atoms with Crippen molar-refractivity contribution >= 4 is 5.78 Å². The van der Waals surface area contributed by atoms with Gasteiger partial charge in [-0.1, -0.05) is 12.8 Å². The first-order valence-electron chi connectivity index (χ1n) is 4.41. The third-order valence-electron chi connectivity index (χ3n) is 2.40. The number of likely N-dealkylation sites (N-methyl/N-ethyl adjacent to an activating group) is 1. The SMILES string of the molecule is CN(C)C1CCCCCC1=O. The fourth-order valence-corrected chi connectivity index (χ4v) is 1.69.